The third-order valence-corrected chi connectivity index (χ3v) is 3.32. The van der Waals surface area contributed by atoms with E-state index < -0.39 is 5.97 Å². The van der Waals surface area contributed by atoms with E-state index in [2.05, 4.69) is 0 Å². The van der Waals surface area contributed by atoms with Gasteiger partial charge in [-0.25, -0.2) is 0 Å². The molecule has 3 unspecified atom stereocenters. The Hall–Kier alpha value is -1.10. The summed E-state index contributed by atoms with van der Waals surface area (Å²) in [7, 11) is 0. The topological polar surface area (TPSA) is 83.6 Å². The molecule has 3 N–H and O–H groups in total. The summed E-state index contributed by atoms with van der Waals surface area (Å²) < 4.78 is 0. The molecule has 2 rings (SSSR count). The summed E-state index contributed by atoms with van der Waals surface area (Å²) in [6.07, 6.45) is 2.35. The number of carbonyl (C=O) groups is 2. The highest BCUT2D eigenvalue weighted by Gasteiger charge is 2.50. The molecule has 5 nitrogen and oxygen atoms in total. The number of nitrogens with zero attached hydrogens (tertiary/aromatic N) is 1. The van der Waals surface area contributed by atoms with Crippen LogP contribution in [0.4, 0.5) is 0 Å². The Balaban J connectivity index is 2.16. The molecule has 2 aliphatic rings. The summed E-state index contributed by atoms with van der Waals surface area (Å²) in [5.41, 5.74) is 5.29. The summed E-state index contributed by atoms with van der Waals surface area (Å²) in [4.78, 5) is 24.0. The average Bonchev–Trinajstić information content (AvgIpc) is 2.73. The minimum absolute atomic E-state index is 0.0145. The van der Waals surface area contributed by atoms with Crippen LogP contribution in [0, 0.1) is 5.92 Å². The number of amides is 1. The molecule has 0 aliphatic carbocycles. The van der Waals surface area contributed by atoms with Crippen molar-refractivity contribution in [3.63, 3.8) is 0 Å². The van der Waals surface area contributed by atoms with Crippen molar-refractivity contribution in [1.29, 1.82) is 0 Å². The highest BCUT2D eigenvalue weighted by atomic mass is 16.4. The molecule has 0 spiro atoms. The van der Waals surface area contributed by atoms with E-state index in [0.29, 0.717) is 6.42 Å². The second-order valence-electron chi connectivity index (χ2n) is 3.98. The first-order chi connectivity index (χ1) is 6.65. The standard InChI is InChI=1S/C9H14N2O3/c10-4-8(12)11-5-1-2-7(11)6(3-5)9(13)14/h5-7H,1-4,10H2,(H,13,14). The molecule has 2 heterocycles. The number of carbonyl (C=O) groups excluding carboxylic acids is 1. The summed E-state index contributed by atoms with van der Waals surface area (Å²) in [5, 5.41) is 8.94. The molecule has 3 atom stereocenters. The fourth-order valence-corrected chi connectivity index (χ4v) is 2.75. The van der Waals surface area contributed by atoms with Crippen molar-refractivity contribution in [3.8, 4) is 0 Å². The van der Waals surface area contributed by atoms with Crippen LogP contribution in [-0.4, -0.2) is 40.5 Å². The Bertz CT molecular complexity index is 279. The third kappa shape index (κ3) is 1.19. The zero-order valence-corrected chi connectivity index (χ0v) is 7.85. The molecular weight excluding hydrogens is 184 g/mol. The van der Waals surface area contributed by atoms with Crippen molar-refractivity contribution in [1.82, 2.24) is 4.90 Å². The van der Waals surface area contributed by atoms with Crippen molar-refractivity contribution in [2.24, 2.45) is 11.7 Å². The molecule has 2 saturated heterocycles. The maximum absolute atomic E-state index is 11.5. The largest absolute Gasteiger partial charge is 0.481 e. The van der Waals surface area contributed by atoms with Crippen LogP contribution < -0.4 is 5.73 Å². The Kier molecular flexibility index (Phi) is 2.19. The Labute approximate surface area is 81.9 Å². The predicted molar refractivity (Wildman–Crippen MR) is 48.5 cm³/mol. The molecule has 0 radical (unpaired) electrons. The number of rotatable bonds is 2. The summed E-state index contributed by atoms with van der Waals surface area (Å²) in [6.45, 7) is -0.0145. The van der Waals surface area contributed by atoms with E-state index in [9.17, 15) is 9.59 Å². The number of carboxylic acid groups (broad SMARTS) is 1. The predicted octanol–water partition coefficient (Wildman–Crippen LogP) is -0.591. The van der Waals surface area contributed by atoms with Gasteiger partial charge in [-0.05, 0) is 19.3 Å². The maximum Gasteiger partial charge on any atom is 0.308 e. The number of fused-ring (bicyclic) bond motifs is 2. The van der Waals surface area contributed by atoms with Crippen LogP contribution in [0.1, 0.15) is 19.3 Å². The van der Waals surface area contributed by atoms with Gasteiger partial charge in [0, 0.05) is 12.1 Å². The second kappa shape index (κ2) is 3.24. The van der Waals surface area contributed by atoms with Crippen molar-refractivity contribution in [2.75, 3.05) is 6.54 Å². The fourth-order valence-electron chi connectivity index (χ4n) is 2.75. The SMILES string of the molecule is NCC(=O)N1C2CCC1C(C(=O)O)C2. The molecule has 2 bridgehead atoms. The molecule has 0 aromatic heterocycles. The van der Waals surface area contributed by atoms with Crippen molar-refractivity contribution in [3.05, 3.63) is 0 Å². The van der Waals surface area contributed by atoms with Crippen LogP contribution in [0.2, 0.25) is 0 Å². The van der Waals surface area contributed by atoms with Gasteiger partial charge in [-0.3, -0.25) is 9.59 Å². The number of aliphatic carboxylic acids is 1. The third-order valence-electron chi connectivity index (χ3n) is 3.32. The van der Waals surface area contributed by atoms with Gasteiger partial charge in [-0.15, -0.1) is 0 Å². The van der Waals surface area contributed by atoms with Gasteiger partial charge < -0.3 is 15.7 Å². The zero-order chi connectivity index (χ0) is 10.3. The van der Waals surface area contributed by atoms with Gasteiger partial charge in [0.2, 0.25) is 5.91 Å². The van der Waals surface area contributed by atoms with Crippen molar-refractivity contribution >= 4 is 11.9 Å². The van der Waals surface area contributed by atoms with Gasteiger partial charge >= 0.3 is 5.97 Å². The van der Waals surface area contributed by atoms with E-state index in [-0.39, 0.29) is 30.5 Å². The van der Waals surface area contributed by atoms with Crippen molar-refractivity contribution < 1.29 is 14.7 Å². The molecule has 2 aliphatic heterocycles. The Morgan fingerprint density at radius 3 is 2.64 bits per heavy atom. The van der Waals surface area contributed by atoms with Gasteiger partial charge in [0.25, 0.3) is 0 Å². The quantitative estimate of drug-likeness (QED) is 0.621. The van der Waals surface area contributed by atoms with E-state index >= 15 is 0 Å². The minimum atomic E-state index is -0.785. The second-order valence-corrected chi connectivity index (χ2v) is 3.98. The lowest BCUT2D eigenvalue weighted by molar-refractivity contribution is -0.143. The number of hydrogen-bond acceptors (Lipinski definition) is 3. The van der Waals surface area contributed by atoms with Crippen LogP contribution in [0.3, 0.4) is 0 Å². The molecule has 1 amide bonds. The van der Waals surface area contributed by atoms with Crippen LogP contribution >= 0.6 is 0 Å². The van der Waals surface area contributed by atoms with Crippen LogP contribution in [0.15, 0.2) is 0 Å². The first-order valence-electron chi connectivity index (χ1n) is 4.89. The number of nitrogens with two attached hydrogens (primary N) is 1. The molecule has 2 fully saturated rings. The summed E-state index contributed by atoms with van der Waals surface area (Å²) in [6, 6.07) is 0.0192. The van der Waals surface area contributed by atoms with E-state index in [4.69, 9.17) is 10.8 Å². The molecule has 0 aromatic carbocycles. The van der Waals surface area contributed by atoms with E-state index in [1.807, 2.05) is 0 Å². The molecule has 0 aromatic rings. The van der Waals surface area contributed by atoms with Gasteiger partial charge in [-0.1, -0.05) is 0 Å². The normalized spacial score (nSPS) is 34.9. The van der Waals surface area contributed by atoms with Crippen LogP contribution in [0.5, 0.6) is 0 Å². The van der Waals surface area contributed by atoms with Gasteiger partial charge in [0.1, 0.15) is 0 Å². The van der Waals surface area contributed by atoms with E-state index in [1.54, 1.807) is 4.90 Å². The molecule has 5 heteroatoms. The Morgan fingerprint density at radius 2 is 2.14 bits per heavy atom. The highest BCUT2D eigenvalue weighted by Crippen LogP contribution is 2.41. The lowest BCUT2D eigenvalue weighted by Crippen LogP contribution is -2.41. The van der Waals surface area contributed by atoms with Crippen LogP contribution in [-0.2, 0) is 9.59 Å². The molecular formula is C9H14N2O3. The Morgan fingerprint density at radius 1 is 1.43 bits per heavy atom. The van der Waals surface area contributed by atoms with Gasteiger partial charge in [-0.2, -0.15) is 0 Å². The smallest absolute Gasteiger partial charge is 0.308 e. The first-order valence-corrected chi connectivity index (χ1v) is 4.89. The summed E-state index contributed by atoms with van der Waals surface area (Å²) >= 11 is 0. The van der Waals surface area contributed by atoms with Gasteiger partial charge in [0.05, 0.1) is 12.5 Å². The summed E-state index contributed by atoms with van der Waals surface area (Å²) in [5.74, 6) is -1.27. The minimum Gasteiger partial charge on any atom is -0.481 e. The average molecular weight is 198 g/mol. The van der Waals surface area contributed by atoms with E-state index in [0.717, 1.165) is 12.8 Å². The monoisotopic (exact) mass is 198 g/mol. The van der Waals surface area contributed by atoms with Gasteiger partial charge in [0.15, 0.2) is 0 Å². The number of hydrogen-bond donors (Lipinski definition) is 2. The zero-order valence-electron chi connectivity index (χ0n) is 7.85. The maximum atomic E-state index is 11.5. The molecule has 78 valence electrons. The number of carboxylic acids is 1. The molecule has 14 heavy (non-hydrogen) atoms. The molecule has 0 saturated carbocycles. The van der Waals surface area contributed by atoms with E-state index in [1.165, 1.54) is 0 Å². The van der Waals surface area contributed by atoms with Crippen LogP contribution in [0.25, 0.3) is 0 Å². The van der Waals surface area contributed by atoms with Crippen molar-refractivity contribution in [2.45, 2.75) is 31.3 Å². The lowest BCUT2D eigenvalue weighted by atomic mass is 9.89. The lowest BCUT2D eigenvalue weighted by Gasteiger charge is -2.22. The first kappa shape index (κ1) is 9.45. The fraction of sp³-hybridized carbons (Fsp3) is 0.778. The highest BCUT2D eigenvalue weighted by molar-refractivity contribution is 5.81.